The molecule has 1 aromatic rings. The number of rotatable bonds is 2. The Labute approximate surface area is 108 Å². The van der Waals surface area contributed by atoms with Gasteiger partial charge < -0.3 is 15.1 Å². The van der Waals surface area contributed by atoms with Crippen LogP contribution in [-0.2, 0) is 0 Å². The summed E-state index contributed by atoms with van der Waals surface area (Å²) < 4.78 is 0. The molecule has 0 unspecified atom stereocenters. The first-order valence-corrected chi connectivity index (χ1v) is 6.65. The lowest BCUT2D eigenvalue weighted by atomic mass is 9.83. The Morgan fingerprint density at radius 1 is 1.39 bits per heavy atom. The number of aromatic nitrogens is 2. The molecule has 1 aromatic heterocycles. The molecule has 0 spiro atoms. The van der Waals surface area contributed by atoms with Crippen LogP contribution in [0.1, 0.15) is 12.1 Å². The molecule has 3 heterocycles. The summed E-state index contributed by atoms with van der Waals surface area (Å²) in [6.45, 7) is 5.38. The molecule has 0 amide bonds. The zero-order valence-corrected chi connectivity index (χ0v) is 11.3. The summed E-state index contributed by atoms with van der Waals surface area (Å²) in [6.07, 6.45) is 1.29. The van der Waals surface area contributed by atoms with Gasteiger partial charge in [-0.2, -0.15) is 4.98 Å². The molecule has 18 heavy (non-hydrogen) atoms. The quantitative estimate of drug-likeness (QED) is 0.831. The van der Waals surface area contributed by atoms with Gasteiger partial charge in [0.15, 0.2) is 0 Å². The van der Waals surface area contributed by atoms with Crippen molar-refractivity contribution in [1.29, 1.82) is 0 Å². The molecule has 0 aromatic carbocycles. The van der Waals surface area contributed by atoms with Crippen molar-refractivity contribution in [3.05, 3.63) is 11.8 Å². The largest absolute Gasteiger partial charge is 0.363 e. The van der Waals surface area contributed by atoms with Crippen molar-refractivity contribution in [2.24, 2.45) is 5.92 Å². The number of anilines is 2. The Hall–Kier alpha value is -1.36. The third kappa shape index (κ3) is 1.92. The monoisotopic (exact) mass is 247 g/mol. The molecule has 98 valence electrons. The van der Waals surface area contributed by atoms with E-state index in [-0.39, 0.29) is 0 Å². The van der Waals surface area contributed by atoms with E-state index in [1.165, 1.54) is 6.42 Å². The summed E-state index contributed by atoms with van der Waals surface area (Å²) in [5.41, 5.74) is 1.04. The Bertz CT molecular complexity index is 445. The zero-order valence-electron chi connectivity index (χ0n) is 11.3. The topological polar surface area (TPSA) is 44.3 Å². The number of nitrogens with zero attached hydrogens (tertiary/aromatic N) is 4. The highest BCUT2D eigenvalue weighted by atomic mass is 15.3. The second kappa shape index (κ2) is 4.39. The lowest BCUT2D eigenvalue weighted by molar-refractivity contribution is 0.225. The first-order chi connectivity index (χ1) is 8.65. The van der Waals surface area contributed by atoms with Crippen molar-refractivity contribution in [1.82, 2.24) is 15.3 Å². The fourth-order valence-corrected chi connectivity index (χ4v) is 2.85. The second-order valence-electron chi connectivity index (χ2n) is 5.53. The van der Waals surface area contributed by atoms with Crippen LogP contribution in [0.25, 0.3) is 0 Å². The van der Waals surface area contributed by atoms with Gasteiger partial charge in [0.05, 0.1) is 0 Å². The van der Waals surface area contributed by atoms with E-state index in [0.717, 1.165) is 43.0 Å². The van der Waals surface area contributed by atoms with E-state index in [4.69, 9.17) is 0 Å². The molecule has 5 heteroatoms. The van der Waals surface area contributed by atoms with Crippen LogP contribution in [0.2, 0.25) is 0 Å². The molecule has 0 saturated carbocycles. The van der Waals surface area contributed by atoms with Gasteiger partial charge in [-0.1, -0.05) is 0 Å². The van der Waals surface area contributed by atoms with Crippen molar-refractivity contribution in [2.75, 3.05) is 43.5 Å². The number of nitrogens with one attached hydrogen (secondary N) is 1. The fraction of sp³-hybridized carbons (Fsp3) is 0.692. The first-order valence-electron chi connectivity index (χ1n) is 6.65. The van der Waals surface area contributed by atoms with Gasteiger partial charge in [-0.3, -0.25) is 0 Å². The van der Waals surface area contributed by atoms with Crippen molar-refractivity contribution < 1.29 is 0 Å². The Morgan fingerprint density at radius 3 is 2.94 bits per heavy atom. The Kier molecular flexibility index (Phi) is 2.86. The highest BCUT2D eigenvalue weighted by Gasteiger charge is 2.41. The molecule has 0 bridgehead atoms. The van der Waals surface area contributed by atoms with Gasteiger partial charge >= 0.3 is 0 Å². The van der Waals surface area contributed by atoms with E-state index in [0.29, 0.717) is 6.04 Å². The van der Waals surface area contributed by atoms with Gasteiger partial charge in [-0.05, 0) is 25.8 Å². The smallest absolute Gasteiger partial charge is 0.227 e. The number of piperidine rings is 1. The summed E-state index contributed by atoms with van der Waals surface area (Å²) in [7, 11) is 4.04. The first kappa shape index (κ1) is 11.7. The average molecular weight is 247 g/mol. The molecule has 0 radical (unpaired) electrons. The lowest BCUT2D eigenvalue weighted by Gasteiger charge is -2.51. The molecule has 5 nitrogen and oxygen atoms in total. The van der Waals surface area contributed by atoms with Crippen molar-refractivity contribution in [3.8, 4) is 0 Å². The maximum Gasteiger partial charge on any atom is 0.227 e. The minimum Gasteiger partial charge on any atom is -0.363 e. The van der Waals surface area contributed by atoms with Crippen molar-refractivity contribution >= 4 is 11.8 Å². The number of hydrogen-bond acceptors (Lipinski definition) is 5. The van der Waals surface area contributed by atoms with E-state index in [1.807, 2.05) is 32.0 Å². The van der Waals surface area contributed by atoms with Gasteiger partial charge in [0, 0.05) is 45.0 Å². The molecule has 1 N–H and O–H groups in total. The van der Waals surface area contributed by atoms with Crippen LogP contribution in [0.15, 0.2) is 6.07 Å². The maximum absolute atomic E-state index is 4.66. The summed E-state index contributed by atoms with van der Waals surface area (Å²) in [5, 5.41) is 3.46. The molecule has 2 atom stereocenters. The van der Waals surface area contributed by atoms with Crippen LogP contribution in [0.5, 0.6) is 0 Å². The predicted molar refractivity (Wildman–Crippen MR) is 73.2 cm³/mol. The Morgan fingerprint density at radius 2 is 2.22 bits per heavy atom. The van der Waals surface area contributed by atoms with E-state index in [1.54, 1.807) is 0 Å². The molecular weight excluding hydrogens is 226 g/mol. The number of hydrogen-bond donors (Lipinski definition) is 1. The van der Waals surface area contributed by atoms with E-state index in [2.05, 4.69) is 20.2 Å². The summed E-state index contributed by atoms with van der Waals surface area (Å²) in [5.74, 6) is 2.71. The minimum atomic E-state index is 0.593. The van der Waals surface area contributed by atoms with Crippen LogP contribution in [0, 0.1) is 12.8 Å². The third-order valence-electron chi connectivity index (χ3n) is 3.97. The van der Waals surface area contributed by atoms with Crippen LogP contribution < -0.4 is 15.1 Å². The van der Waals surface area contributed by atoms with Gasteiger partial charge in [0.2, 0.25) is 5.95 Å². The summed E-state index contributed by atoms with van der Waals surface area (Å²) in [4.78, 5) is 13.6. The van der Waals surface area contributed by atoms with Gasteiger partial charge in [0.1, 0.15) is 5.82 Å². The molecule has 2 aliphatic rings. The lowest BCUT2D eigenvalue weighted by Crippen LogP contribution is -2.64. The average Bonchev–Trinajstić information content (AvgIpc) is 2.30. The highest BCUT2D eigenvalue weighted by Crippen LogP contribution is 2.33. The second-order valence-corrected chi connectivity index (χ2v) is 5.53. The predicted octanol–water partition coefficient (Wildman–Crippen LogP) is 0.649. The minimum absolute atomic E-state index is 0.593. The Balaban J connectivity index is 1.84. The summed E-state index contributed by atoms with van der Waals surface area (Å²) in [6, 6.07) is 2.62. The van der Waals surface area contributed by atoms with E-state index in [9.17, 15) is 0 Å². The van der Waals surface area contributed by atoms with Gasteiger partial charge in [-0.15, -0.1) is 0 Å². The highest BCUT2D eigenvalue weighted by molar-refractivity contribution is 5.47. The molecule has 0 aliphatic carbocycles. The van der Waals surface area contributed by atoms with Gasteiger partial charge in [-0.25, -0.2) is 4.98 Å². The number of aryl methyl sites for hydroxylation is 1. The van der Waals surface area contributed by atoms with Crippen molar-refractivity contribution in [2.45, 2.75) is 19.4 Å². The maximum atomic E-state index is 4.66. The SMILES string of the molecule is Cc1cc(N(C)C)nc(N2C[C@@H]3CCNC[C@@H]32)n1. The molecule has 3 rings (SSSR count). The van der Waals surface area contributed by atoms with Crippen LogP contribution in [0.4, 0.5) is 11.8 Å². The molecule has 2 aliphatic heterocycles. The van der Waals surface area contributed by atoms with E-state index >= 15 is 0 Å². The summed E-state index contributed by atoms with van der Waals surface area (Å²) >= 11 is 0. The zero-order chi connectivity index (χ0) is 12.7. The van der Waals surface area contributed by atoms with Crippen LogP contribution >= 0.6 is 0 Å². The van der Waals surface area contributed by atoms with Crippen LogP contribution in [0.3, 0.4) is 0 Å². The van der Waals surface area contributed by atoms with Gasteiger partial charge in [0.25, 0.3) is 0 Å². The van der Waals surface area contributed by atoms with Crippen molar-refractivity contribution in [3.63, 3.8) is 0 Å². The number of fused-ring (bicyclic) bond motifs is 1. The molecule has 2 saturated heterocycles. The normalized spacial score (nSPS) is 26.5. The third-order valence-corrected chi connectivity index (χ3v) is 3.97. The van der Waals surface area contributed by atoms with E-state index < -0.39 is 0 Å². The standard InChI is InChI=1S/C13H21N5/c1-9-6-12(17(2)3)16-13(15-9)18-8-10-4-5-14-7-11(10)18/h6,10-11,14H,4-5,7-8H2,1-3H3/t10-,11-/m0/s1. The van der Waals surface area contributed by atoms with Crippen LogP contribution in [-0.4, -0.2) is 49.7 Å². The fourth-order valence-electron chi connectivity index (χ4n) is 2.85. The molecule has 2 fully saturated rings. The molecular formula is C13H21N5.